The van der Waals surface area contributed by atoms with Gasteiger partial charge < -0.3 is 9.47 Å². The van der Waals surface area contributed by atoms with Crippen LogP contribution in [-0.4, -0.2) is 20.0 Å². The van der Waals surface area contributed by atoms with Crippen LogP contribution in [0.3, 0.4) is 0 Å². The van der Waals surface area contributed by atoms with Crippen molar-refractivity contribution in [1.29, 1.82) is 0 Å². The molecule has 2 aromatic rings. The van der Waals surface area contributed by atoms with E-state index in [0.29, 0.717) is 22.6 Å². The van der Waals surface area contributed by atoms with Gasteiger partial charge in [-0.3, -0.25) is 4.79 Å². The largest absolute Gasteiger partial charge is 0.493 e. The third kappa shape index (κ3) is 3.02. The Labute approximate surface area is 121 Å². The number of benzene rings is 2. The second kappa shape index (κ2) is 5.91. The lowest BCUT2D eigenvalue weighted by molar-refractivity contribution is 0.103. The monoisotopic (exact) mass is 292 g/mol. The van der Waals surface area contributed by atoms with E-state index < -0.39 is 17.4 Å². The van der Waals surface area contributed by atoms with E-state index >= 15 is 0 Å². The smallest absolute Gasteiger partial charge is 0.193 e. The minimum atomic E-state index is -0.795. The lowest BCUT2D eigenvalue weighted by atomic mass is 9.98. The van der Waals surface area contributed by atoms with Crippen LogP contribution in [-0.2, 0) is 0 Å². The molecule has 0 radical (unpaired) electrons. The van der Waals surface area contributed by atoms with Crippen LogP contribution in [0.5, 0.6) is 11.5 Å². The second-order valence-corrected chi connectivity index (χ2v) is 4.51. The molecule has 110 valence electrons. The summed E-state index contributed by atoms with van der Waals surface area (Å²) < 4.78 is 36.7. The highest BCUT2D eigenvalue weighted by Gasteiger charge is 2.17. The Morgan fingerprint density at radius 1 is 0.905 bits per heavy atom. The highest BCUT2D eigenvalue weighted by molar-refractivity contribution is 6.10. The molecule has 0 atom stereocenters. The van der Waals surface area contributed by atoms with E-state index in [9.17, 15) is 13.6 Å². The normalized spacial score (nSPS) is 10.3. The summed E-state index contributed by atoms with van der Waals surface area (Å²) in [5.74, 6) is -1.21. The molecule has 5 heteroatoms. The summed E-state index contributed by atoms with van der Waals surface area (Å²) in [6, 6.07) is 5.86. The van der Waals surface area contributed by atoms with E-state index in [1.807, 2.05) is 0 Å². The van der Waals surface area contributed by atoms with Crippen molar-refractivity contribution in [2.45, 2.75) is 6.92 Å². The maximum absolute atomic E-state index is 13.2. The highest BCUT2D eigenvalue weighted by Crippen LogP contribution is 2.31. The average molecular weight is 292 g/mol. The fourth-order valence-corrected chi connectivity index (χ4v) is 2.07. The molecule has 0 aliphatic carbocycles. The minimum absolute atomic E-state index is 0.0529. The van der Waals surface area contributed by atoms with Crippen molar-refractivity contribution in [3.05, 3.63) is 58.7 Å². The molecule has 21 heavy (non-hydrogen) atoms. The summed E-state index contributed by atoms with van der Waals surface area (Å²) >= 11 is 0. The number of carbonyl (C=O) groups is 1. The number of rotatable bonds is 4. The number of carbonyl (C=O) groups excluding carboxylic acids is 1. The van der Waals surface area contributed by atoms with E-state index in [2.05, 4.69) is 0 Å². The SMILES string of the molecule is COc1cc(C)c(C(=O)c2cc(F)cc(F)c2)cc1OC. The number of halogens is 2. The summed E-state index contributed by atoms with van der Waals surface area (Å²) in [7, 11) is 2.93. The molecule has 0 aliphatic heterocycles. The number of hydrogen-bond acceptors (Lipinski definition) is 3. The average Bonchev–Trinajstić information content (AvgIpc) is 2.45. The van der Waals surface area contributed by atoms with Crippen LogP contribution >= 0.6 is 0 Å². The molecular formula is C16H14F2O3. The minimum Gasteiger partial charge on any atom is -0.493 e. The van der Waals surface area contributed by atoms with Gasteiger partial charge in [-0.2, -0.15) is 0 Å². The van der Waals surface area contributed by atoms with Crippen LogP contribution < -0.4 is 9.47 Å². The molecule has 2 aromatic carbocycles. The Balaban J connectivity index is 2.52. The van der Waals surface area contributed by atoms with Gasteiger partial charge in [0, 0.05) is 17.2 Å². The van der Waals surface area contributed by atoms with Crippen molar-refractivity contribution in [3.63, 3.8) is 0 Å². The van der Waals surface area contributed by atoms with E-state index in [4.69, 9.17) is 9.47 Å². The predicted molar refractivity (Wildman–Crippen MR) is 74.1 cm³/mol. The molecule has 0 aromatic heterocycles. The van der Waals surface area contributed by atoms with Crippen molar-refractivity contribution in [2.24, 2.45) is 0 Å². The predicted octanol–water partition coefficient (Wildman–Crippen LogP) is 3.52. The first-order valence-electron chi connectivity index (χ1n) is 6.19. The summed E-state index contributed by atoms with van der Waals surface area (Å²) in [6.07, 6.45) is 0. The van der Waals surface area contributed by atoms with Crippen molar-refractivity contribution in [1.82, 2.24) is 0 Å². The first-order chi connectivity index (χ1) is 9.96. The molecule has 0 bridgehead atoms. The summed E-state index contributed by atoms with van der Waals surface area (Å²) in [6.45, 7) is 1.71. The van der Waals surface area contributed by atoms with Crippen LogP contribution in [0.15, 0.2) is 30.3 Å². The summed E-state index contributed by atoms with van der Waals surface area (Å²) in [5, 5.41) is 0. The van der Waals surface area contributed by atoms with Crippen molar-refractivity contribution in [3.8, 4) is 11.5 Å². The highest BCUT2D eigenvalue weighted by atomic mass is 19.1. The van der Waals surface area contributed by atoms with Gasteiger partial charge in [0.25, 0.3) is 0 Å². The number of aryl methyl sites for hydroxylation is 1. The zero-order valence-corrected chi connectivity index (χ0v) is 11.9. The number of ketones is 1. The Kier molecular flexibility index (Phi) is 4.21. The topological polar surface area (TPSA) is 35.5 Å². The molecule has 2 rings (SSSR count). The van der Waals surface area contributed by atoms with Gasteiger partial charge in [0.1, 0.15) is 11.6 Å². The Morgan fingerprint density at radius 2 is 1.43 bits per heavy atom. The van der Waals surface area contributed by atoms with Crippen LogP contribution in [0.4, 0.5) is 8.78 Å². The third-order valence-corrected chi connectivity index (χ3v) is 3.10. The van der Waals surface area contributed by atoms with Gasteiger partial charge in [-0.15, -0.1) is 0 Å². The second-order valence-electron chi connectivity index (χ2n) is 4.51. The van der Waals surface area contributed by atoms with Crippen molar-refractivity contribution >= 4 is 5.78 Å². The van der Waals surface area contributed by atoms with Crippen molar-refractivity contribution < 1.29 is 23.0 Å². The van der Waals surface area contributed by atoms with Crippen LogP contribution in [0, 0.1) is 18.6 Å². The molecule has 0 heterocycles. The molecule has 0 aliphatic rings. The first-order valence-corrected chi connectivity index (χ1v) is 6.19. The maximum atomic E-state index is 13.2. The van der Waals surface area contributed by atoms with Gasteiger partial charge >= 0.3 is 0 Å². The lowest BCUT2D eigenvalue weighted by Crippen LogP contribution is -2.06. The van der Waals surface area contributed by atoms with Gasteiger partial charge in [0.2, 0.25) is 0 Å². The fourth-order valence-electron chi connectivity index (χ4n) is 2.07. The molecule has 0 N–H and O–H groups in total. The standard InChI is InChI=1S/C16H14F2O3/c1-9-4-14(20-2)15(21-3)8-13(9)16(19)10-5-11(17)7-12(18)6-10/h4-8H,1-3H3. The maximum Gasteiger partial charge on any atom is 0.193 e. The molecule has 3 nitrogen and oxygen atoms in total. The number of hydrogen-bond donors (Lipinski definition) is 0. The van der Waals surface area contributed by atoms with Gasteiger partial charge in [0.15, 0.2) is 17.3 Å². The first kappa shape index (κ1) is 15.0. The zero-order chi connectivity index (χ0) is 15.6. The third-order valence-electron chi connectivity index (χ3n) is 3.10. The van der Waals surface area contributed by atoms with Crippen LogP contribution in [0.25, 0.3) is 0 Å². The fraction of sp³-hybridized carbons (Fsp3) is 0.188. The van der Waals surface area contributed by atoms with Crippen LogP contribution in [0.1, 0.15) is 21.5 Å². The van der Waals surface area contributed by atoms with Gasteiger partial charge in [0.05, 0.1) is 14.2 Å². The van der Waals surface area contributed by atoms with E-state index in [1.165, 1.54) is 20.3 Å². The van der Waals surface area contributed by atoms with Gasteiger partial charge in [-0.1, -0.05) is 0 Å². The molecule has 0 spiro atoms. The Morgan fingerprint density at radius 3 is 1.95 bits per heavy atom. The van der Waals surface area contributed by atoms with Gasteiger partial charge in [-0.05, 0) is 36.8 Å². The molecule has 0 amide bonds. The summed E-state index contributed by atoms with van der Waals surface area (Å²) in [4.78, 5) is 12.4. The number of ether oxygens (including phenoxy) is 2. The molecular weight excluding hydrogens is 278 g/mol. The quantitative estimate of drug-likeness (QED) is 0.809. The Bertz CT molecular complexity index is 676. The molecule has 0 unspecified atom stereocenters. The van der Waals surface area contributed by atoms with E-state index in [1.54, 1.807) is 13.0 Å². The molecule has 0 fully saturated rings. The van der Waals surface area contributed by atoms with Crippen molar-refractivity contribution in [2.75, 3.05) is 14.2 Å². The van der Waals surface area contributed by atoms with Crippen LogP contribution in [0.2, 0.25) is 0 Å². The zero-order valence-electron chi connectivity index (χ0n) is 11.9. The Hall–Kier alpha value is -2.43. The van der Waals surface area contributed by atoms with E-state index in [0.717, 1.165) is 18.2 Å². The lowest BCUT2D eigenvalue weighted by Gasteiger charge is -2.12. The molecule has 0 saturated heterocycles. The summed E-state index contributed by atoms with van der Waals surface area (Å²) in [5.41, 5.74) is 0.878. The van der Waals surface area contributed by atoms with E-state index in [-0.39, 0.29) is 5.56 Å². The number of methoxy groups -OCH3 is 2. The van der Waals surface area contributed by atoms with Gasteiger partial charge in [-0.25, -0.2) is 8.78 Å². The molecule has 0 saturated carbocycles.